The summed E-state index contributed by atoms with van der Waals surface area (Å²) in [6, 6.07) is 14.4. The van der Waals surface area contributed by atoms with Crippen LogP contribution in [0.5, 0.6) is 23.0 Å². The normalized spacial score (nSPS) is 11.9. The Morgan fingerprint density at radius 1 is 0.362 bits per heavy atom. The lowest BCUT2D eigenvalue weighted by atomic mass is 10.1. The molecule has 41 heteroatoms. The Morgan fingerprint density at radius 2 is 0.600 bits per heavy atom. The van der Waals surface area contributed by atoms with E-state index in [0.717, 1.165) is 53.4 Å². The van der Waals surface area contributed by atoms with Crippen LogP contribution in [0, 0.1) is 0 Å². The number of nitrogens with two attached hydrogens (primary N) is 1. The number of nitrogens with zero attached hydrogens (tertiary/aromatic N) is 2. The fourth-order valence-electron chi connectivity index (χ4n) is 7.02. The van der Waals surface area contributed by atoms with Crippen LogP contribution in [-0.4, -0.2) is 87.4 Å². The lowest BCUT2D eigenvalue weighted by molar-refractivity contribution is -0.189. The number of rotatable bonds is 18. The number of carbonyl (C=O) groups is 6. The fourth-order valence-corrected chi connectivity index (χ4v) is 8.15. The summed E-state index contributed by atoms with van der Waals surface area (Å²) >= 11 is 27.5. The van der Waals surface area contributed by atoms with E-state index in [1.165, 1.54) is 84.8 Å². The van der Waals surface area contributed by atoms with Crippen LogP contribution < -0.4 is 34.5 Å². The maximum absolute atomic E-state index is 12.8. The van der Waals surface area contributed by atoms with Crippen molar-refractivity contribution in [2.45, 2.75) is 104 Å². The van der Waals surface area contributed by atoms with E-state index < -0.39 is 111 Å². The molecule has 0 bridgehead atoms. The van der Waals surface area contributed by atoms with Crippen molar-refractivity contribution in [3.05, 3.63) is 173 Å². The number of primary amides is 1. The molecule has 0 fully saturated rings. The molecule has 0 radical (unpaired) electrons. The van der Waals surface area contributed by atoms with Gasteiger partial charge in [-0.2, -0.15) is 101 Å². The lowest BCUT2D eigenvalue weighted by Gasteiger charge is -2.21. The molecule has 0 heterocycles. The fraction of sp³-hybridized carbons (Fsp3) is 0.344. The van der Waals surface area contributed by atoms with Crippen LogP contribution in [0.2, 0.25) is 25.1 Å². The Balaban J connectivity index is 0.00000124. The lowest BCUT2D eigenvalue weighted by Crippen LogP contribution is -2.40. The molecule has 0 aliphatic heterocycles. The van der Waals surface area contributed by atoms with Gasteiger partial charge in [-0.1, -0.05) is 65.4 Å². The third kappa shape index (κ3) is 37.1. The molecule has 584 valence electrons. The average molecular weight is 1640 g/mol. The molecule has 0 aromatic heterocycles. The van der Waals surface area contributed by atoms with Gasteiger partial charge in [0.15, 0.2) is 23.5 Å². The molecule has 0 spiro atoms. The number of amides is 1. The summed E-state index contributed by atoms with van der Waals surface area (Å²) in [4.78, 5) is 66.7. The molecule has 105 heavy (non-hydrogen) atoms. The molecule has 0 aliphatic carbocycles. The minimum absolute atomic E-state index is 0. The molecule has 0 aliphatic rings. The van der Waals surface area contributed by atoms with E-state index in [2.05, 4.69) is 10.5 Å². The van der Waals surface area contributed by atoms with Crippen LogP contribution in [-0.2, 0) is 72.0 Å². The zero-order valence-electron chi connectivity index (χ0n) is 53.9. The predicted molar refractivity (Wildman–Crippen MR) is 341 cm³/mol. The first-order valence-electron chi connectivity index (χ1n) is 27.8. The van der Waals surface area contributed by atoms with Gasteiger partial charge in [-0.3, -0.25) is 28.8 Å². The number of Topliss-reactive ketones (excluding diaryl/α,β-unsaturated/α-hetero) is 5. The topological polar surface area (TPSA) is 172 Å². The van der Waals surface area contributed by atoms with Gasteiger partial charge >= 0.3 is 55.2 Å². The van der Waals surface area contributed by atoms with Crippen LogP contribution in [0.25, 0.3) is 0 Å². The predicted octanol–water partition coefficient (Wildman–Crippen LogP) is 21.0. The monoisotopic (exact) mass is 1640 g/mol. The number of hydrogen-bond donors (Lipinski definition) is 1. The highest BCUT2D eigenvalue weighted by molar-refractivity contribution is 6.32. The summed E-state index contributed by atoms with van der Waals surface area (Å²) in [5.74, 6) is -4.63. The number of halogens is 28. The first-order chi connectivity index (χ1) is 46.9. The third-order valence-corrected chi connectivity index (χ3v) is 12.8. The van der Waals surface area contributed by atoms with Gasteiger partial charge < -0.3 is 34.5 Å². The first-order valence-corrected chi connectivity index (χ1v) is 29.7. The number of benzene rings is 6. The molecule has 1 amide bonds. The SMILES string of the molecule is C.CC(=O)C(C)Oc1cc(Cl)cc(C(F)(F)F)c1.CC(=O)CN(C)c1cc(C(F)(F)F)cc(C(F)(F)F)c1.CC(=O)CN(C)c1cc(Cl)cc(C(F)(F)F)c1.CC(=O)COc1cc(Cl)cc(C(F)(F)F)c1.CC(=O)COc1cc(Cl)cc(C(F)(F)F)c1.NC(=O)C(F)(F)Oc1cc(Cl)cc(C(F)(F)F)c1. The van der Waals surface area contributed by atoms with Crippen molar-refractivity contribution in [3.8, 4) is 23.0 Å². The number of likely N-dealkylation sites (N-methyl/N-ethyl adjacent to an activating group) is 2. The van der Waals surface area contributed by atoms with E-state index in [1.54, 1.807) is 0 Å². The third-order valence-electron chi connectivity index (χ3n) is 11.7. The molecule has 13 nitrogen and oxygen atoms in total. The van der Waals surface area contributed by atoms with Crippen molar-refractivity contribution < 1.29 is 149 Å². The van der Waals surface area contributed by atoms with Crippen LogP contribution in [0.1, 0.15) is 87.9 Å². The summed E-state index contributed by atoms with van der Waals surface area (Å²) in [5.41, 5.74) is -3.38. The Bertz CT molecular complexity index is 3830. The summed E-state index contributed by atoms with van der Waals surface area (Å²) in [6.45, 7) is 7.05. The van der Waals surface area contributed by atoms with Gasteiger partial charge in [0.05, 0.1) is 52.0 Å². The van der Waals surface area contributed by atoms with Gasteiger partial charge in [-0.05, 0) is 151 Å². The van der Waals surface area contributed by atoms with Crippen LogP contribution in [0.3, 0.4) is 0 Å². The van der Waals surface area contributed by atoms with E-state index in [4.69, 9.17) is 72.2 Å². The minimum atomic E-state index is -4.90. The second-order valence-corrected chi connectivity index (χ2v) is 23.3. The molecular formula is C64H57Cl5F23N3O10. The van der Waals surface area contributed by atoms with Crippen molar-refractivity contribution in [1.29, 1.82) is 0 Å². The van der Waals surface area contributed by atoms with E-state index in [-0.39, 0.29) is 123 Å². The summed E-state index contributed by atoms with van der Waals surface area (Å²) in [7, 11) is 2.78. The van der Waals surface area contributed by atoms with Crippen molar-refractivity contribution in [2.24, 2.45) is 5.73 Å². The number of hydrogen-bond acceptors (Lipinski definition) is 12. The maximum Gasteiger partial charge on any atom is 0.482 e. The maximum atomic E-state index is 12.8. The highest BCUT2D eigenvalue weighted by Gasteiger charge is 2.42. The Morgan fingerprint density at radius 3 is 0.867 bits per heavy atom. The molecular weight excluding hydrogens is 1580 g/mol. The van der Waals surface area contributed by atoms with Crippen molar-refractivity contribution in [1.82, 2.24) is 0 Å². The second-order valence-electron chi connectivity index (χ2n) is 21.1. The largest absolute Gasteiger partial charge is 0.486 e. The Hall–Kier alpha value is -8.22. The number of ether oxygens (including phenoxy) is 4. The van der Waals surface area contributed by atoms with Gasteiger partial charge in [-0.25, -0.2) is 0 Å². The van der Waals surface area contributed by atoms with Crippen LogP contribution in [0.15, 0.2) is 109 Å². The summed E-state index contributed by atoms with van der Waals surface area (Å²) < 4.78 is 306. The van der Waals surface area contributed by atoms with Gasteiger partial charge in [0.25, 0.3) is 0 Å². The van der Waals surface area contributed by atoms with Crippen LogP contribution >= 0.6 is 58.0 Å². The second kappa shape index (κ2) is 39.9. The molecule has 1 unspecified atom stereocenters. The number of carbonyl (C=O) groups excluding carboxylic acids is 6. The zero-order valence-corrected chi connectivity index (χ0v) is 57.7. The standard InChI is InChI=1S/C12H11F6NO.C11H11ClF3NO.C11H10ClF3O2.2C10H8ClF3O2.C9H5ClF5NO2.CH4/c1-7(20)6-19(2)10-4-8(11(13,14)15)3-9(5-10)12(16,17)18;1-7(17)6-16(2)10-4-8(11(13,14)15)3-9(12)5-10;1-6(16)7(2)17-10-4-8(11(13,14)15)3-9(12)5-10;2*1-6(15)5-16-9-3-7(10(12,13)14)2-8(11)4-9;10-5-1-4(8(11,12)13)2-6(3-5)18-9(14,15)7(16)17;/h3-5H,6H2,1-2H3;3-5H,6H2,1-2H3;3-5,7H,1-2H3;2*2-4H,5H2,1H3;1-3H,(H2,16,17);1H4. The highest BCUT2D eigenvalue weighted by Crippen LogP contribution is 2.41. The summed E-state index contributed by atoms with van der Waals surface area (Å²) in [5, 5.41) is -0.752. The Labute approximate surface area is 607 Å². The van der Waals surface area contributed by atoms with Gasteiger partial charge in [0, 0.05) is 50.6 Å². The number of anilines is 2. The van der Waals surface area contributed by atoms with Gasteiger partial charge in [-0.15, -0.1) is 0 Å². The molecule has 2 N–H and O–H groups in total. The average Bonchev–Trinajstić information content (AvgIpc) is 0.796. The Kier molecular flexibility index (Phi) is 36.8. The number of ketones is 5. The van der Waals surface area contributed by atoms with E-state index in [9.17, 15) is 130 Å². The van der Waals surface area contributed by atoms with E-state index in [1.807, 2.05) is 0 Å². The quantitative estimate of drug-likeness (QED) is 0.0809. The number of alkyl halides is 23. The van der Waals surface area contributed by atoms with Gasteiger partial charge in [0.2, 0.25) is 0 Å². The van der Waals surface area contributed by atoms with E-state index in [0.29, 0.717) is 24.3 Å². The molecule has 6 rings (SSSR count). The van der Waals surface area contributed by atoms with Crippen molar-refractivity contribution >= 4 is 104 Å². The first kappa shape index (κ1) is 96.8. The molecule has 0 saturated heterocycles. The molecule has 1 atom stereocenters. The van der Waals surface area contributed by atoms with Crippen molar-refractivity contribution in [2.75, 3.05) is 50.2 Å². The van der Waals surface area contributed by atoms with E-state index >= 15 is 0 Å². The van der Waals surface area contributed by atoms with Crippen LogP contribution in [0.4, 0.5) is 112 Å². The smallest absolute Gasteiger partial charge is 0.482 e. The molecule has 6 aromatic rings. The molecule has 6 aromatic carbocycles. The molecule has 0 saturated carbocycles. The zero-order chi connectivity index (χ0) is 81.0. The van der Waals surface area contributed by atoms with Gasteiger partial charge in [0.1, 0.15) is 47.8 Å². The summed E-state index contributed by atoms with van der Waals surface area (Å²) in [6.07, 6.45) is -37.7. The highest BCUT2D eigenvalue weighted by atomic mass is 35.5. The minimum Gasteiger partial charge on any atom is -0.486 e. The van der Waals surface area contributed by atoms with Crippen molar-refractivity contribution in [3.63, 3.8) is 0 Å².